The average molecular weight is 1260 g/mol. The van der Waals surface area contributed by atoms with Crippen molar-refractivity contribution in [1.29, 1.82) is 0 Å². The van der Waals surface area contributed by atoms with E-state index in [1.807, 2.05) is 0 Å². The molecule has 0 aromatic heterocycles. The minimum atomic E-state index is -0.771. The highest BCUT2D eigenvalue weighted by Gasteiger charge is 2.16. The number of hydrogen-bond acceptors (Lipinski definition) is 5. The van der Waals surface area contributed by atoms with Crippen LogP contribution in [-0.2, 0) is 19.1 Å². The van der Waals surface area contributed by atoms with Crippen LogP contribution < -0.4 is 0 Å². The van der Waals surface area contributed by atoms with Crippen molar-refractivity contribution in [3.05, 3.63) is 60.8 Å². The van der Waals surface area contributed by atoms with Crippen LogP contribution in [0, 0.1) is 0 Å². The second-order valence-electron chi connectivity index (χ2n) is 27.8. The van der Waals surface area contributed by atoms with Gasteiger partial charge in [-0.15, -0.1) is 0 Å². The first-order valence-electron chi connectivity index (χ1n) is 40.8. The number of rotatable bonds is 77. The van der Waals surface area contributed by atoms with E-state index in [-0.39, 0.29) is 25.2 Å². The normalized spacial score (nSPS) is 12.4. The summed E-state index contributed by atoms with van der Waals surface area (Å²) in [5.41, 5.74) is 0. The molecule has 0 saturated heterocycles. The summed E-state index contributed by atoms with van der Waals surface area (Å²) in [6, 6.07) is 0. The molecule has 0 amide bonds. The number of allylic oxidation sites excluding steroid dienone is 10. The van der Waals surface area contributed by atoms with Gasteiger partial charge < -0.3 is 14.6 Å². The number of aliphatic hydroxyl groups is 1. The first-order valence-corrected chi connectivity index (χ1v) is 40.8. The Morgan fingerprint density at radius 3 is 0.722 bits per heavy atom. The summed E-state index contributed by atoms with van der Waals surface area (Å²) in [5, 5.41) is 9.73. The molecule has 0 saturated carbocycles. The molecule has 0 rings (SSSR count). The van der Waals surface area contributed by atoms with Crippen LogP contribution in [0.5, 0.6) is 0 Å². The number of carbonyl (C=O) groups excluding carboxylic acids is 2. The fourth-order valence-corrected chi connectivity index (χ4v) is 12.8. The summed E-state index contributed by atoms with van der Waals surface area (Å²) >= 11 is 0. The van der Waals surface area contributed by atoms with Crippen LogP contribution in [-0.4, -0.2) is 36.4 Å². The van der Waals surface area contributed by atoms with Crippen molar-refractivity contribution < 1.29 is 24.2 Å². The summed E-state index contributed by atoms with van der Waals surface area (Å²) in [6.07, 6.45) is 112. The van der Waals surface area contributed by atoms with Gasteiger partial charge in [-0.05, 0) is 57.8 Å². The Morgan fingerprint density at radius 1 is 0.267 bits per heavy atom. The number of hydrogen-bond donors (Lipinski definition) is 1. The number of ether oxygens (including phenoxy) is 2. The molecule has 5 nitrogen and oxygen atoms in total. The first-order chi connectivity index (χ1) is 44.6. The smallest absolute Gasteiger partial charge is 0.306 e. The number of carbonyl (C=O) groups is 2. The van der Waals surface area contributed by atoms with Crippen LogP contribution in [0.4, 0.5) is 0 Å². The van der Waals surface area contributed by atoms with Gasteiger partial charge in [0.2, 0.25) is 0 Å². The third kappa shape index (κ3) is 78.0. The molecule has 0 spiro atoms. The van der Waals surface area contributed by atoms with Gasteiger partial charge in [-0.1, -0.05) is 441 Å². The van der Waals surface area contributed by atoms with Gasteiger partial charge in [-0.3, -0.25) is 9.59 Å². The van der Waals surface area contributed by atoms with Crippen LogP contribution >= 0.6 is 0 Å². The van der Waals surface area contributed by atoms with E-state index in [4.69, 9.17) is 9.47 Å². The lowest BCUT2D eigenvalue weighted by Gasteiger charge is -2.15. The number of aliphatic hydroxyl groups excluding tert-OH is 1. The van der Waals surface area contributed by atoms with E-state index in [0.29, 0.717) is 12.8 Å². The monoisotopic (exact) mass is 1260 g/mol. The maximum Gasteiger partial charge on any atom is 0.306 e. The summed E-state index contributed by atoms with van der Waals surface area (Å²) in [4.78, 5) is 24.7. The lowest BCUT2D eigenvalue weighted by atomic mass is 10.0. The van der Waals surface area contributed by atoms with Crippen LogP contribution in [0.1, 0.15) is 450 Å². The molecule has 0 bridgehead atoms. The van der Waals surface area contributed by atoms with Crippen molar-refractivity contribution >= 4 is 11.9 Å². The van der Waals surface area contributed by atoms with Crippen LogP contribution in [0.2, 0.25) is 0 Å². The van der Waals surface area contributed by atoms with E-state index >= 15 is 0 Å². The first kappa shape index (κ1) is 87.6. The molecule has 5 heteroatoms. The predicted molar refractivity (Wildman–Crippen MR) is 399 cm³/mol. The molecule has 0 aromatic carbocycles. The van der Waals surface area contributed by atoms with Crippen molar-refractivity contribution in [1.82, 2.24) is 0 Å². The summed E-state index contributed by atoms with van der Waals surface area (Å²) < 4.78 is 10.8. The minimum Gasteiger partial charge on any atom is -0.462 e. The van der Waals surface area contributed by atoms with E-state index in [1.165, 1.54) is 360 Å². The van der Waals surface area contributed by atoms with Gasteiger partial charge >= 0.3 is 11.9 Å². The Hall–Kier alpha value is -2.40. The molecule has 0 heterocycles. The lowest BCUT2D eigenvalue weighted by Crippen LogP contribution is -2.28. The maximum atomic E-state index is 12.4. The van der Waals surface area contributed by atoms with Crippen LogP contribution in [0.3, 0.4) is 0 Å². The van der Waals surface area contributed by atoms with Gasteiger partial charge in [0.1, 0.15) is 6.61 Å². The summed E-state index contributed by atoms with van der Waals surface area (Å²) in [7, 11) is 0. The zero-order valence-electron chi connectivity index (χ0n) is 60.9. The van der Waals surface area contributed by atoms with Crippen molar-refractivity contribution in [3.8, 4) is 0 Å². The molecule has 0 radical (unpaired) electrons. The Morgan fingerprint density at radius 2 is 0.478 bits per heavy atom. The highest BCUT2D eigenvalue weighted by atomic mass is 16.6. The second-order valence-corrected chi connectivity index (χ2v) is 27.8. The third-order valence-electron chi connectivity index (χ3n) is 18.8. The number of unbranched alkanes of at least 4 members (excludes halogenated alkanes) is 59. The molecule has 0 aliphatic heterocycles. The van der Waals surface area contributed by atoms with E-state index in [2.05, 4.69) is 74.6 Å². The third-order valence-corrected chi connectivity index (χ3v) is 18.8. The Balaban J connectivity index is 3.36. The molecule has 0 aliphatic rings. The molecule has 0 fully saturated rings. The van der Waals surface area contributed by atoms with E-state index in [1.54, 1.807) is 0 Å². The predicted octanol–water partition coefficient (Wildman–Crippen LogP) is 28.8. The fraction of sp³-hybridized carbons (Fsp3) is 0.859. The van der Waals surface area contributed by atoms with Gasteiger partial charge in [-0.2, -0.15) is 0 Å². The molecular formula is C85H158O5. The molecule has 0 aliphatic carbocycles. The van der Waals surface area contributed by atoms with Gasteiger partial charge in [0.15, 0.2) is 6.10 Å². The second kappa shape index (κ2) is 80.8. The Kier molecular flexibility index (Phi) is 78.7. The highest BCUT2D eigenvalue weighted by molar-refractivity contribution is 5.70. The standard InChI is InChI=1S/C85H158O5/c1-3-5-7-9-11-13-15-17-19-21-23-25-27-29-31-33-35-37-39-41-42-44-46-48-50-52-54-56-58-60-62-64-66-68-70-72-74-76-78-80-85(88)90-83(81-86)82-89-84(87)79-77-75-73-71-69-67-65-63-61-59-57-55-53-51-49-47-45-43-40-38-36-34-32-30-28-26-24-22-20-18-16-14-12-10-8-6-4-2/h5,7,11,13,17,19,23,25,29,31,83,86H,3-4,6,8-10,12,14-16,18,20-22,24,26-28,30,32-82H2,1-2H3/b7-5-,13-11-,19-17-,25-23-,31-29-. The van der Waals surface area contributed by atoms with Crippen LogP contribution in [0.15, 0.2) is 60.8 Å². The fourth-order valence-electron chi connectivity index (χ4n) is 12.8. The summed E-state index contributed by atoms with van der Waals surface area (Å²) in [5.74, 6) is -0.562. The molecule has 90 heavy (non-hydrogen) atoms. The zero-order valence-corrected chi connectivity index (χ0v) is 60.9. The lowest BCUT2D eigenvalue weighted by molar-refractivity contribution is -0.161. The molecule has 0 aromatic rings. The van der Waals surface area contributed by atoms with E-state index in [0.717, 1.165) is 64.2 Å². The van der Waals surface area contributed by atoms with E-state index in [9.17, 15) is 14.7 Å². The average Bonchev–Trinajstić information content (AvgIpc) is 3.59. The largest absolute Gasteiger partial charge is 0.462 e. The van der Waals surface area contributed by atoms with Crippen LogP contribution in [0.25, 0.3) is 0 Å². The van der Waals surface area contributed by atoms with Gasteiger partial charge in [-0.25, -0.2) is 0 Å². The van der Waals surface area contributed by atoms with Gasteiger partial charge in [0.05, 0.1) is 6.61 Å². The van der Waals surface area contributed by atoms with E-state index < -0.39 is 6.10 Å². The topological polar surface area (TPSA) is 72.8 Å². The SMILES string of the molecule is CC/C=C\C/C=C\C/C=C\C/C=C\C/C=C\CCCCCCCCCCCCCCCCCCCCCCCCCC(=O)OC(CO)COC(=O)CCCCCCCCCCCCCCCCCCCCCCCCCCCCCCCCCCCCCCC. The quantitative estimate of drug-likeness (QED) is 0.0373. The number of esters is 2. The van der Waals surface area contributed by atoms with Crippen molar-refractivity contribution in [2.24, 2.45) is 0 Å². The van der Waals surface area contributed by atoms with Crippen molar-refractivity contribution in [2.45, 2.75) is 457 Å². The van der Waals surface area contributed by atoms with Gasteiger partial charge in [0.25, 0.3) is 0 Å². The van der Waals surface area contributed by atoms with Crippen molar-refractivity contribution in [3.63, 3.8) is 0 Å². The highest BCUT2D eigenvalue weighted by Crippen LogP contribution is 2.20. The molecule has 528 valence electrons. The zero-order chi connectivity index (χ0) is 64.7. The van der Waals surface area contributed by atoms with Gasteiger partial charge in [0, 0.05) is 12.8 Å². The Labute approximate surface area is 563 Å². The molecule has 1 unspecified atom stereocenters. The van der Waals surface area contributed by atoms with Crippen molar-refractivity contribution in [2.75, 3.05) is 13.2 Å². The molecular weight excluding hydrogens is 1100 g/mol. The maximum absolute atomic E-state index is 12.4. The molecule has 1 N–H and O–H groups in total. The molecule has 1 atom stereocenters. The Bertz CT molecular complexity index is 1520. The summed E-state index contributed by atoms with van der Waals surface area (Å²) in [6.45, 7) is 4.10. The minimum absolute atomic E-state index is 0.0589.